The van der Waals surface area contributed by atoms with Gasteiger partial charge in [0.25, 0.3) is 0 Å². The van der Waals surface area contributed by atoms with Crippen LogP contribution in [-0.4, -0.2) is 32.3 Å². The van der Waals surface area contributed by atoms with E-state index in [1.165, 1.54) is 11.5 Å². The van der Waals surface area contributed by atoms with Crippen molar-refractivity contribution < 1.29 is 4.79 Å². The number of nitrogens with one attached hydrogen (secondary N) is 1. The summed E-state index contributed by atoms with van der Waals surface area (Å²) in [5.41, 5.74) is 1.04. The van der Waals surface area contributed by atoms with Crippen molar-refractivity contribution in [3.05, 3.63) is 35.9 Å². The summed E-state index contributed by atoms with van der Waals surface area (Å²) in [5.74, 6) is 0.665. The molecule has 0 saturated carbocycles. The average Bonchev–Trinajstić information content (AvgIpc) is 2.93. The van der Waals surface area contributed by atoms with Crippen LogP contribution in [-0.2, 0) is 0 Å². The summed E-state index contributed by atoms with van der Waals surface area (Å²) < 4.78 is 4.07. The van der Waals surface area contributed by atoms with E-state index in [-0.39, 0.29) is 12.1 Å². The van der Waals surface area contributed by atoms with Crippen LogP contribution in [0.25, 0.3) is 0 Å². The zero-order chi connectivity index (χ0) is 15.9. The molecule has 118 valence electrons. The quantitative estimate of drug-likeness (QED) is 0.882. The molecule has 0 aliphatic rings. The molecule has 1 N–H and O–H groups in total. The SMILES string of the molecule is CCCC[C@H](c1cccnc1)N(C)C(=O)Nc1nc(C)ns1. The maximum Gasteiger partial charge on any atom is 0.323 e. The summed E-state index contributed by atoms with van der Waals surface area (Å²) in [5, 5.41) is 3.32. The molecule has 0 aliphatic heterocycles. The molecule has 0 fully saturated rings. The van der Waals surface area contributed by atoms with Crippen molar-refractivity contribution in [3.8, 4) is 0 Å². The summed E-state index contributed by atoms with van der Waals surface area (Å²) in [6, 6.07) is 3.73. The lowest BCUT2D eigenvalue weighted by molar-refractivity contribution is 0.199. The van der Waals surface area contributed by atoms with Crippen LogP contribution in [0.5, 0.6) is 0 Å². The van der Waals surface area contributed by atoms with Gasteiger partial charge in [-0.2, -0.15) is 4.37 Å². The normalized spacial score (nSPS) is 12.0. The second-order valence-electron chi connectivity index (χ2n) is 5.13. The molecule has 6 nitrogen and oxygen atoms in total. The smallest absolute Gasteiger partial charge is 0.320 e. The van der Waals surface area contributed by atoms with E-state index in [4.69, 9.17) is 0 Å². The lowest BCUT2D eigenvalue weighted by atomic mass is 10.0. The first-order valence-electron chi connectivity index (χ1n) is 7.36. The van der Waals surface area contributed by atoms with E-state index >= 15 is 0 Å². The van der Waals surface area contributed by atoms with Gasteiger partial charge >= 0.3 is 6.03 Å². The van der Waals surface area contributed by atoms with Gasteiger partial charge in [-0.25, -0.2) is 9.78 Å². The number of anilines is 1. The van der Waals surface area contributed by atoms with Crippen LogP contribution >= 0.6 is 11.5 Å². The molecule has 7 heteroatoms. The minimum absolute atomic E-state index is 0.00247. The van der Waals surface area contributed by atoms with Crippen molar-refractivity contribution in [2.75, 3.05) is 12.4 Å². The Morgan fingerprint density at radius 2 is 2.32 bits per heavy atom. The number of urea groups is 1. The van der Waals surface area contributed by atoms with Gasteiger partial charge in [0, 0.05) is 31.0 Å². The van der Waals surface area contributed by atoms with Crippen molar-refractivity contribution in [2.45, 2.75) is 39.2 Å². The summed E-state index contributed by atoms with van der Waals surface area (Å²) in [4.78, 5) is 22.5. The minimum atomic E-state index is -0.180. The number of hydrogen-bond donors (Lipinski definition) is 1. The molecule has 2 aromatic heterocycles. The second kappa shape index (κ2) is 7.84. The Labute approximate surface area is 134 Å². The number of amides is 2. The van der Waals surface area contributed by atoms with Crippen LogP contribution in [0.2, 0.25) is 0 Å². The fraction of sp³-hybridized carbons (Fsp3) is 0.467. The molecule has 2 rings (SSSR count). The number of rotatable bonds is 6. The van der Waals surface area contributed by atoms with E-state index in [1.807, 2.05) is 18.3 Å². The molecule has 0 radical (unpaired) electrons. The molecule has 0 aromatic carbocycles. The third-order valence-electron chi connectivity index (χ3n) is 3.43. The number of nitrogens with zero attached hydrogens (tertiary/aromatic N) is 4. The minimum Gasteiger partial charge on any atom is -0.320 e. The predicted octanol–water partition coefficient (Wildman–Crippen LogP) is 3.64. The Morgan fingerprint density at radius 3 is 2.91 bits per heavy atom. The van der Waals surface area contributed by atoms with Gasteiger partial charge in [0.15, 0.2) is 0 Å². The standard InChI is InChI=1S/C15H21N5OS/c1-4-5-8-13(12-7-6-9-16-10-12)20(3)15(21)18-14-17-11(2)19-22-14/h6-7,9-10,13H,4-5,8H2,1-3H3,(H,17,18,19,21)/t13-/m1/s1. The molecule has 0 unspecified atom stereocenters. The van der Waals surface area contributed by atoms with Crippen molar-refractivity contribution >= 4 is 22.7 Å². The van der Waals surface area contributed by atoms with Crippen LogP contribution in [0.15, 0.2) is 24.5 Å². The summed E-state index contributed by atoms with van der Waals surface area (Å²) >= 11 is 1.19. The number of unbranched alkanes of at least 4 members (excludes halogenated alkanes) is 1. The fourth-order valence-electron chi connectivity index (χ4n) is 2.22. The van der Waals surface area contributed by atoms with Crippen molar-refractivity contribution in [2.24, 2.45) is 0 Å². The van der Waals surface area contributed by atoms with Gasteiger partial charge in [-0.3, -0.25) is 10.3 Å². The van der Waals surface area contributed by atoms with Crippen LogP contribution in [0.4, 0.5) is 9.93 Å². The Morgan fingerprint density at radius 1 is 1.50 bits per heavy atom. The monoisotopic (exact) mass is 319 g/mol. The number of aromatic nitrogens is 3. The Bertz CT molecular complexity index is 601. The highest BCUT2D eigenvalue weighted by molar-refractivity contribution is 7.09. The zero-order valence-electron chi connectivity index (χ0n) is 13.1. The molecule has 0 bridgehead atoms. The van der Waals surface area contributed by atoms with Crippen molar-refractivity contribution in [1.82, 2.24) is 19.2 Å². The molecular formula is C15H21N5OS. The lowest BCUT2D eigenvalue weighted by Gasteiger charge is -2.28. The van der Waals surface area contributed by atoms with E-state index < -0.39 is 0 Å². The lowest BCUT2D eigenvalue weighted by Crippen LogP contribution is -2.35. The van der Waals surface area contributed by atoms with Crippen molar-refractivity contribution in [3.63, 3.8) is 0 Å². The van der Waals surface area contributed by atoms with E-state index in [9.17, 15) is 4.79 Å². The van der Waals surface area contributed by atoms with Gasteiger partial charge in [-0.05, 0) is 25.0 Å². The number of pyridine rings is 1. The molecule has 0 spiro atoms. The highest BCUT2D eigenvalue weighted by Crippen LogP contribution is 2.25. The molecular weight excluding hydrogens is 298 g/mol. The Kier molecular flexibility index (Phi) is 5.83. The first-order chi connectivity index (χ1) is 10.6. The highest BCUT2D eigenvalue weighted by Gasteiger charge is 2.22. The second-order valence-corrected chi connectivity index (χ2v) is 5.88. The maximum absolute atomic E-state index is 12.4. The first-order valence-corrected chi connectivity index (χ1v) is 8.13. The average molecular weight is 319 g/mol. The zero-order valence-corrected chi connectivity index (χ0v) is 13.9. The summed E-state index contributed by atoms with van der Waals surface area (Å²) in [7, 11) is 1.80. The van der Waals surface area contributed by atoms with E-state index in [0.29, 0.717) is 11.0 Å². The number of carbonyl (C=O) groups is 1. The van der Waals surface area contributed by atoms with Crippen LogP contribution in [0.3, 0.4) is 0 Å². The fourth-order valence-corrected chi connectivity index (χ4v) is 2.79. The predicted molar refractivity (Wildman–Crippen MR) is 87.9 cm³/mol. The number of hydrogen-bond acceptors (Lipinski definition) is 5. The van der Waals surface area contributed by atoms with Gasteiger partial charge in [-0.15, -0.1) is 0 Å². The Balaban J connectivity index is 2.10. The van der Waals surface area contributed by atoms with Crippen LogP contribution in [0.1, 0.15) is 43.6 Å². The summed E-state index contributed by atoms with van der Waals surface area (Å²) in [6.45, 7) is 3.94. The van der Waals surface area contributed by atoms with Gasteiger partial charge in [-0.1, -0.05) is 25.8 Å². The molecule has 0 saturated heterocycles. The van der Waals surface area contributed by atoms with E-state index in [1.54, 1.807) is 25.1 Å². The molecule has 2 aromatic rings. The van der Waals surface area contributed by atoms with E-state index in [0.717, 1.165) is 24.8 Å². The van der Waals surface area contributed by atoms with Crippen molar-refractivity contribution in [1.29, 1.82) is 0 Å². The largest absolute Gasteiger partial charge is 0.323 e. The van der Waals surface area contributed by atoms with Gasteiger partial charge < -0.3 is 4.90 Å². The molecule has 2 amide bonds. The first kappa shape index (κ1) is 16.4. The molecule has 22 heavy (non-hydrogen) atoms. The molecule has 2 heterocycles. The maximum atomic E-state index is 12.4. The summed E-state index contributed by atoms with van der Waals surface area (Å²) in [6.07, 6.45) is 6.60. The molecule has 0 aliphatic carbocycles. The van der Waals surface area contributed by atoms with Gasteiger partial charge in [0.2, 0.25) is 5.13 Å². The van der Waals surface area contributed by atoms with E-state index in [2.05, 4.69) is 26.6 Å². The van der Waals surface area contributed by atoms with Crippen LogP contribution in [0, 0.1) is 6.92 Å². The highest BCUT2D eigenvalue weighted by atomic mass is 32.1. The third kappa shape index (κ3) is 4.24. The molecule has 1 atom stereocenters. The van der Waals surface area contributed by atoms with Gasteiger partial charge in [0.1, 0.15) is 5.82 Å². The number of carbonyl (C=O) groups excluding carboxylic acids is 1. The van der Waals surface area contributed by atoms with Crippen LogP contribution < -0.4 is 5.32 Å². The topological polar surface area (TPSA) is 71.0 Å². The third-order valence-corrected chi connectivity index (χ3v) is 4.15. The number of aryl methyl sites for hydroxylation is 1. The Hall–Kier alpha value is -2.02. The van der Waals surface area contributed by atoms with Gasteiger partial charge in [0.05, 0.1) is 6.04 Å².